The van der Waals surface area contributed by atoms with Crippen LogP contribution in [0.5, 0.6) is 0 Å². The molecular formula is C18H18NaO7S+. The Labute approximate surface area is 179 Å². The number of rotatable bonds is 8. The molecule has 2 rings (SSSR count). The van der Waals surface area contributed by atoms with Gasteiger partial charge in [-0.2, -0.15) is 8.42 Å². The van der Waals surface area contributed by atoms with Crippen molar-refractivity contribution >= 4 is 22.1 Å². The van der Waals surface area contributed by atoms with Crippen molar-refractivity contribution in [3.8, 4) is 0 Å². The Morgan fingerprint density at radius 2 is 1.30 bits per heavy atom. The fourth-order valence-electron chi connectivity index (χ4n) is 2.08. The summed E-state index contributed by atoms with van der Waals surface area (Å²) in [6.45, 7) is -0.248. The number of hydrogen-bond acceptors (Lipinski definition) is 6. The molecule has 1 atom stereocenters. The van der Waals surface area contributed by atoms with Crippen LogP contribution < -0.4 is 29.6 Å². The fraction of sp³-hybridized carbons (Fsp3) is 0.222. The molecule has 2 aromatic carbocycles. The van der Waals surface area contributed by atoms with Crippen LogP contribution in [-0.4, -0.2) is 30.2 Å². The average molecular weight is 401 g/mol. The first-order valence-corrected chi connectivity index (χ1v) is 9.23. The Hall–Kier alpha value is -1.71. The third kappa shape index (κ3) is 8.23. The molecule has 138 valence electrons. The van der Waals surface area contributed by atoms with E-state index in [2.05, 4.69) is 0 Å². The van der Waals surface area contributed by atoms with Crippen LogP contribution in [-0.2, 0) is 42.4 Å². The molecule has 0 aliphatic carbocycles. The van der Waals surface area contributed by atoms with Crippen LogP contribution >= 0.6 is 0 Å². The Morgan fingerprint density at radius 3 is 1.74 bits per heavy atom. The van der Waals surface area contributed by atoms with Gasteiger partial charge in [-0.1, -0.05) is 60.7 Å². The van der Waals surface area contributed by atoms with Gasteiger partial charge in [0.15, 0.2) is 5.25 Å². The van der Waals surface area contributed by atoms with Crippen LogP contribution in [0.1, 0.15) is 17.5 Å². The van der Waals surface area contributed by atoms with Crippen LogP contribution in [0.25, 0.3) is 0 Å². The van der Waals surface area contributed by atoms with Crippen LogP contribution in [0.15, 0.2) is 60.7 Å². The first-order chi connectivity index (χ1) is 12.4. The molecule has 2 aromatic rings. The van der Waals surface area contributed by atoms with E-state index in [-0.39, 0.29) is 42.8 Å². The number of ether oxygens (including phenoxy) is 2. The van der Waals surface area contributed by atoms with Gasteiger partial charge in [0.05, 0.1) is 6.42 Å². The number of carbonyl (C=O) groups excluding carboxylic acids is 2. The molecule has 0 bridgehead atoms. The van der Waals surface area contributed by atoms with E-state index in [1.165, 1.54) is 0 Å². The summed E-state index contributed by atoms with van der Waals surface area (Å²) in [7, 11) is -4.82. The predicted molar refractivity (Wildman–Crippen MR) is 92.4 cm³/mol. The zero-order valence-electron chi connectivity index (χ0n) is 14.8. The number of hydrogen-bond donors (Lipinski definition) is 1. The third-order valence-corrected chi connectivity index (χ3v) is 4.52. The molecule has 0 aromatic heterocycles. The van der Waals surface area contributed by atoms with E-state index < -0.39 is 33.7 Å². The summed E-state index contributed by atoms with van der Waals surface area (Å²) in [6.07, 6.45) is -0.834. The largest absolute Gasteiger partial charge is 1.00 e. The van der Waals surface area contributed by atoms with E-state index in [0.29, 0.717) is 11.1 Å². The fourth-order valence-corrected chi connectivity index (χ4v) is 2.74. The SMILES string of the molecule is O=C(CC(C(=O)OCc1ccccc1)S(=O)(=O)O)OCc1ccccc1.[Na+]. The zero-order valence-corrected chi connectivity index (χ0v) is 17.6. The van der Waals surface area contributed by atoms with E-state index in [1.54, 1.807) is 60.7 Å². The van der Waals surface area contributed by atoms with Gasteiger partial charge in [0.25, 0.3) is 10.1 Å². The predicted octanol–water partition coefficient (Wildman–Crippen LogP) is -0.876. The van der Waals surface area contributed by atoms with E-state index in [4.69, 9.17) is 9.47 Å². The van der Waals surface area contributed by atoms with Gasteiger partial charge >= 0.3 is 41.5 Å². The number of carbonyl (C=O) groups is 2. The first-order valence-electron chi connectivity index (χ1n) is 7.72. The van der Waals surface area contributed by atoms with Gasteiger partial charge in [0.2, 0.25) is 0 Å². The standard InChI is InChI=1S/C18H18O7S.Na/c19-17(24-12-14-7-3-1-4-8-14)11-16(26(21,22)23)18(20)25-13-15-9-5-2-6-10-15;/h1-10,16H,11-13H2,(H,21,22,23);/q;+1. The van der Waals surface area contributed by atoms with Gasteiger partial charge in [0, 0.05) is 0 Å². The summed E-state index contributed by atoms with van der Waals surface area (Å²) in [4.78, 5) is 23.9. The summed E-state index contributed by atoms with van der Waals surface area (Å²) >= 11 is 0. The van der Waals surface area contributed by atoms with Gasteiger partial charge in [-0.05, 0) is 11.1 Å². The maximum Gasteiger partial charge on any atom is 1.00 e. The molecule has 27 heavy (non-hydrogen) atoms. The van der Waals surface area contributed by atoms with Gasteiger partial charge in [-0.25, -0.2) is 0 Å². The molecule has 0 heterocycles. The average Bonchev–Trinajstić information content (AvgIpc) is 2.63. The Morgan fingerprint density at radius 1 is 0.852 bits per heavy atom. The van der Waals surface area contributed by atoms with Crippen molar-refractivity contribution in [2.75, 3.05) is 0 Å². The minimum Gasteiger partial charge on any atom is -0.461 e. The van der Waals surface area contributed by atoms with E-state index in [0.717, 1.165) is 0 Å². The Balaban J connectivity index is 0.00000364. The molecule has 7 nitrogen and oxygen atoms in total. The molecule has 0 aliphatic heterocycles. The van der Waals surface area contributed by atoms with Crippen LogP contribution in [0, 0.1) is 0 Å². The van der Waals surface area contributed by atoms with E-state index in [1.807, 2.05) is 0 Å². The Kier molecular flexibility index (Phi) is 9.68. The van der Waals surface area contributed by atoms with Crippen molar-refractivity contribution in [3.05, 3.63) is 71.8 Å². The molecule has 1 N–H and O–H groups in total. The van der Waals surface area contributed by atoms with E-state index in [9.17, 15) is 22.6 Å². The normalized spacial score (nSPS) is 11.7. The summed E-state index contributed by atoms with van der Waals surface area (Å²) in [5.41, 5.74) is 1.34. The quantitative estimate of drug-likeness (QED) is 0.348. The van der Waals surface area contributed by atoms with Crippen LogP contribution in [0.3, 0.4) is 0 Å². The summed E-state index contributed by atoms with van der Waals surface area (Å²) in [6, 6.07) is 17.3. The minimum atomic E-state index is -4.82. The molecule has 0 saturated heterocycles. The van der Waals surface area contributed by atoms with Gasteiger partial charge in [0.1, 0.15) is 13.2 Å². The molecular weight excluding hydrogens is 383 g/mol. The summed E-state index contributed by atoms with van der Waals surface area (Å²) < 4.78 is 42.0. The van der Waals surface area contributed by atoms with Crippen molar-refractivity contribution in [2.24, 2.45) is 0 Å². The van der Waals surface area contributed by atoms with Gasteiger partial charge < -0.3 is 9.47 Å². The summed E-state index contributed by atoms with van der Waals surface area (Å²) in [5.74, 6) is -2.15. The van der Waals surface area contributed by atoms with E-state index >= 15 is 0 Å². The topological polar surface area (TPSA) is 107 Å². The molecule has 0 aliphatic rings. The van der Waals surface area contributed by atoms with Crippen molar-refractivity contribution in [1.29, 1.82) is 0 Å². The Bertz CT molecular complexity index is 839. The van der Waals surface area contributed by atoms with Crippen molar-refractivity contribution < 1.29 is 61.6 Å². The summed E-state index contributed by atoms with van der Waals surface area (Å²) in [5, 5.41) is -2.03. The smallest absolute Gasteiger partial charge is 0.461 e. The molecule has 0 radical (unpaired) electrons. The molecule has 9 heteroatoms. The van der Waals surface area contributed by atoms with Crippen molar-refractivity contribution in [2.45, 2.75) is 24.9 Å². The minimum absolute atomic E-state index is 0. The molecule has 0 spiro atoms. The molecule has 0 amide bonds. The third-order valence-electron chi connectivity index (χ3n) is 3.44. The maximum absolute atomic E-state index is 12.0. The maximum atomic E-state index is 12.0. The number of benzene rings is 2. The second-order valence-corrected chi connectivity index (χ2v) is 7.05. The van der Waals surface area contributed by atoms with Crippen LogP contribution in [0.4, 0.5) is 0 Å². The molecule has 0 fully saturated rings. The van der Waals surface area contributed by atoms with Gasteiger partial charge in [-0.3, -0.25) is 14.1 Å². The molecule has 1 unspecified atom stereocenters. The van der Waals surface area contributed by atoms with Gasteiger partial charge in [-0.15, -0.1) is 0 Å². The monoisotopic (exact) mass is 401 g/mol. The second kappa shape index (κ2) is 11.2. The van der Waals surface area contributed by atoms with Crippen molar-refractivity contribution in [1.82, 2.24) is 0 Å². The van der Waals surface area contributed by atoms with Crippen LogP contribution in [0.2, 0.25) is 0 Å². The second-order valence-electron chi connectivity index (χ2n) is 5.45. The molecule has 0 saturated carbocycles. The van der Waals surface area contributed by atoms with Crippen molar-refractivity contribution in [3.63, 3.8) is 0 Å². The first kappa shape index (κ1) is 23.3. The zero-order chi connectivity index (χ0) is 19.0. The number of esters is 2.